The minimum atomic E-state index is -0.989. The van der Waals surface area contributed by atoms with Crippen LogP contribution < -0.4 is 0 Å². The first-order valence-corrected chi connectivity index (χ1v) is 8.41. The molecule has 24 heavy (non-hydrogen) atoms. The number of carbonyl (C=O) groups is 2. The van der Waals surface area contributed by atoms with Crippen molar-refractivity contribution in [2.24, 2.45) is 5.92 Å². The summed E-state index contributed by atoms with van der Waals surface area (Å²) < 4.78 is 7.10. The van der Waals surface area contributed by atoms with Gasteiger partial charge in [-0.05, 0) is 52.9 Å². The van der Waals surface area contributed by atoms with Crippen LogP contribution in [0.1, 0.15) is 56.1 Å². The molecule has 0 saturated carbocycles. The predicted molar refractivity (Wildman–Crippen MR) is 89.1 cm³/mol. The van der Waals surface area contributed by atoms with E-state index in [0.29, 0.717) is 31.1 Å². The Morgan fingerprint density at radius 1 is 1.33 bits per heavy atom. The molecule has 1 aliphatic rings. The number of hydrogen-bond donors (Lipinski definition) is 1. The van der Waals surface area contributed by atoms with Crippen molar-refractivity contribution in [3.8, 4) is 0 Å². The van der Waals surface area contributed by atoms with Crippen molar-refractivity contribution in [3.05, 3.63) is 17.5 Å². The standard InChI is InChI=1S/C17H27N3O4/c1-12-11-20(18-14(12)15(21)22)10-7-13-5-8-19(9-6-13)16(23)24-17(2,3)4/h11,13H,5-10H2,1-4H3,(H,21,22). The van der Waals surface area contributed by atoms with Crippen LogP contribution in [0.15, 0.2) is 6.20 Å². The first kappa shape index (κ1) is 18.3. The summed E-state index contributed by atoms with van der Waals surface area (Å²) in [5.41, 5.74) is 0.338. The molecule has 0 unspecified atom stereocenters. The maximum Gasteiger partial charge on any atom is 0.410 e. The molecule has 134 valence electrons. The van der Waals surface area contributed by atoms with Gasteiger partial charge in [0.2, 0.25) is 0 Å². The number of likely N-dealkylation sites (tertiary alicyclic amines) is 1. The Labute approximate surface area is 142 Å². The zero-order valence-electron chi connectivity index (χ0n) is 14.9. The van der Waals surface area contributed by atoms with Gasteiger partial charge in [-0.1, -0.05) is 0 Å². The third kappa shape index (κ3) is 4.97. The zero-order valence-corrected chi connectivity index (χ0v) is 14.9. The summed E-state index contributed by atoms with van der Waals surface area (Å²) >= 11 is 0. The number of carbonyl (C=O) groups excluding carboxylic acids is 1. The second-order valence-electron chi connectivity index (χ2n) is 7.43. The van der Waals surface area contributed by atoms with E-state index in [2.05, 4.69) is 5.10 Å². The number of amides is 1. The highest BCUT2D eigenvalue weighted by Gasteiger charge is 2.26. The average molecular weight is 337 g/mol. The van der Waals surface area contributed by atoms with Gasteiger partial charge in [0, 0.05) is 31.4 Å². The highest BCUT2D eigenvalue weighted by molar-refractivity contribution is 5.86. The fourth-order valence-electron chi connectivity index (χ4n) is 2.89. The molecule has 2 heterocycles. The first-order chi connectivity index (χ1) is 11.2. The van der Waals surface area contributed by atoms with E-state index in [0.717, 1.165) is 19.3 Å². The molecule has 1 aromatic heterocycles. The SMILES string of the molecule is Cc1cn(CCC2CCN(C(=O)OC(C)(C)C)CC2)nc1C(=O)O. The molecule has 1 aliphatic heterocycles. The predicted octanol–water partition coefficient (Wildman–Crippen LogP) is 2.93. The summed E-state index contributed by atoms with van der Waals surface area (Å²) in [6, 6.07) is 0. The van der Waals surface area contributed by atoms with Gasteiger partial charge in [-0.15, -0.1) is 0 Å². The average Bonchev–Trinajstić information content (AvgIpc) is 2.85. The van der Waals surface area contributed by atoms with Crippen LogP contribution >= 0.6 is 0 Å². The highest BCUT2D eigenvalue weighted by atomic mass is 16.6. The quantitative estimate of drug-likeness (QED) is 0.913. The van der Waals surface area contributed by atoms with Crippen molar-refractivity contribution in [1.29, 1.82) is 0 Å². The molecule has 0 aliphatic carbocycles. The van der Waals surface area contributed by atoms with Gasteiger partial charge in [0.25, 0.3) is 0 Å². The Bertz CT molecular complexity index is 595. The van der Waals surface area contributed by atoms with E-state index < -0.39 is 11.6 Å². The second kappa shape index (κ2) is 7.23. The van der Waals surface area contributed by atoms with Crippen molar-refractivity contribution < 1.29 is 19.4 Å². The van der Waals surface area contributed by atoms with Gasteiger partial charge in [-0.2, -0.15) is 5.10 Å². The fraction of sp³-hybridized carbons (Fsp3) is 0.706. The largest absolute Gasteiger partial charge is 0.476 e. The van der Waals surface area contributed by atoms with Gasteiger partial charge in [0.05, 0.1) is 0 Å². The maximum absolute atomic E-state index is 12.0. The molecule has 1 saturated heterocycles. The Hall–Kier alpha value is -2.05. The molecule has 1 N–H and O–H groups in total. The number of hydrogen-bond acceptors (Lipinski definition) is 4. The topological polar surface area (TPSA) is 84.7 Å². The zero-order chi connectivity index (χ0) is 17.9. The van der Waals surface area contributed by atoms with Crippen molar-refractivity contribution in [2.45, 2.75) is 59.1 Å². The van der Waals surface area contributed by atoms with Crippen LogP contribution in [0.4, 0.5) is 4.79 Å². The van der Waals surface area contributed by atoms with Crippen LogP contribution in [0.25, 0.3) is 0 Å². The molecule has 1 aromatic rings. The normalized spacial score (nSPS) is 16.2. The molecule has 2 rings (SSSR count). The first-order valence-electron chi connectivity index (χ1n) is 8.41. The summed E-state index contributed by atoms with van der Waals surface area (Å²) in [6.07, 6.45) is 4.34. The third-order valence-electron chi connectivity index (χ3n) is 4.18. The third-order valence-corrected chi connectivity index (χ3v) is 4.18. The van der Waals surface area contributed by atoms with Gasteiger partial charge in [0.1, 0.15) is 5.60 Å². The molecule has 1 fully saturated rings. The number of ether oxygens (including phenoxy) is 1. The number of carboxylic acid groups (broad SMARTS) is 1. The van der Waals surface area contributed by atoms with Crippen LogP contribution in [0.5, 0.6) is 0 Å². The van der Waals surface area contributed by atoms with Gasteiger partial charge < -0.3 is 14.7 Å². The minimum absolute atomic E-state index is 0.120. The molecule has 1 amide bonds. The van der Waals surface area contributed by atoms with E-state index in [1.807, 2.05) is 20.8 Å². The fourth-order valence-corrected chi connectivity index (χ4v) is 2.89. The van der Waals surface area contributed by atoms with E-state index in [1.54, 1.807) is 22.7 Å². The lowest BCUT2D eigenvalue weighted by Crippen LogP contribution is -2.41. The number of rotatable bonds is 4. The van der Waals surface area contributed by atoms with Crippen molar-refractivity contribution in [3.63, 3.8) is 0 Å². The van der Waals surface area contributed by atoms with E-state index in [1.165, 1.54) is 0 Å². The molecule has 0 bridgehead atoms. The molecule has 0 aromatic carbocycles. The number of aryl methyl sites for hydroxylation is 2. The summed E-state index contributed by atoms with van der Waals surface area (Å²) in [7, 11) is 0. The van der Waals surface area contributed by atoms with Crippen LogP contribution in [-0.4, -0.2) is 50.5 Å². The maximum atomic E-state index is 12.0. The van der Waals surface area contributed by atoms with Gasteiger partial charge in [0.15, 0.2) is 5.69 Å². The smallest absolute Gasteiger partial charge is 0.410 e. The van der Waals surface area contributed by atoms with Crippen LogP contribution in [0.2, 0.25) is 0 Å². The highest BCUT2D eigenvalue weighted by Crippen LogP contribution is 2.23. The van der Waals surface area contributed by atoms with Gasteiger partial charge in [-0.3, -0.25) is 4.68 Å². The Balaban J connectivity index is 1.78. The number of aromatic nitrogens is 2. The van der Waals surface area contributed by atoms with Crippen molar-refractivity contribution >= 4 is 12.1 Å². The Morgan fingerprint density at radius 3 is 2.46 bits per heavy atom. The van der Waals surface area contributed by atoms with Crippen molar-refractivity contribution in [2.75, 3.05) is 13.1 Å². The lowest BCUT2D eigenvalue weighted by molar-refractivity contribution is 0.0179. The Morgan fingerprint density at radius 2 is 1.96 bits per heavy atom. The molecule has 0 atom stereocenters. The lowest BCUT2D eigenvalue weighted by Gasteiger charge is -2.33. The molecule has 7 nitrogen and oxygen atoms in total. The van der Waals surface area contributed by atoms with Gasteiger partial charge >= 0.3 is 12.1 Å². The minimum Gasteiger partial charge on any atom is -0.476 e. The summed E-state index contributed by atoms with van der Waals surface area (Å²) in [5.74, 6) is -0.474. The summed E-state index contributed by atoms with van der Waals surface area (Å²) in [4.78, 5) is 24.8. The van der Waals surface area contributed by atoms with Crippen LogP contribution in [-0.2, 0) is 11.3 Å². The molecule has 7 heteroatoms. The van der Waals surface area contributed by atoms with Crippen molar-refractivity contribution in [1.82, 2.24) is 14.7 Å². The van der Waals surface area contributed by atoms with E-state index in [-0.39, 0.29) is 11.8 Å². The molecule has 0 radical (unpaired) electrons. The van der Waals surface area contributed by atoms with E-state index >= 15 is 0 Å². The van der Waals surface area contributed by atoms with Gasteiger partial charge in [-0.25, -0.2) is 9.59 Å². The monoisotopic (exact) mass is 337 g/mol. The summed E-state index contributed by atoms with van der Waals surface area (Å²) in [5, 5.41) is 13.1. The summed E-state index contributed by atoms with van der Waals surface area (Å²) in [6.45, 7) is 9.48. The molecular weight excluding hydrogens is 310 g/mol. The number of carboxylic acids is 1. The number of piperidine rings is 1. The second-order valence-corrected chi connectivity index (χ2v) is 7.43. The molecular formula is C17H27N3O4. The lowest BCUT2D eigenvalue weighted by atomic mass is 9.94. The van der Waals surface area contributed by atoms with E-state index in [4.69, 9.17) is 9.84 Å². The van der Waals surface area contributed by atoms with Crippen LogP contribution in [0, 0.1) is 12.8 Å². The number of nitrogens with zero attached hydrogens (tertiary/aromatic N) is 3. The van der Waals surface area contributed by atoms with Crippen LogP contribution in [0.3, 0.4) is 0 Å². The number of aromatic carboxylic acids is 1. The molecule has 0 spiro atoms. The Kier molecular flexibility index (Phi) is 5.51. The van der Waals surface area contributed by atoms with E-state index in [9.17, 15) is 9.59 Å².